The Morgan fingerprint density at radius 2 is 1.92 bits per heavy atom. The van der Waals surface area contributed by atoms with Crippen LogP contribution in [0.5, 0.6) is 0 Å². The highest BCUT2D eigenvalue weighted by Crippen LogP contribution is 2.22. The molecule has 25 heavy (non-hydrogen) atoms. The van der Waals surface area contributed by atoms with Gasteiger partial charge in [-0.2, -0.15) is 0 Å². The molecule has 0 aliphatic carbocycles. The molecule has 2 rings (SSSR count). The zero-order valence-electron chi connectivity index (χ0n) is 14.9. The van der Waals surface area contributed by atoms with Gasteiger partial charge in [0.25, 0.3) is 0 Å². The maximum absolute atomic E-state index is 4.32. The maximum Gasteiger partial charge on any atom is 0.191 e. The van der Waals surface area contributed by atoms with Crippen LogP contribution in [0.4, 0.5) is 0 Å². The Labute approximate surface area is 176 Å². The second kappa shape index (κ2) is 12.6. The smallest absolute Gasteiger partial charge is 0.191 e. The van der Waals surface area contributed by atoms with Crippen molar-refractivity contribution in [1.29, 1.82) is 0 Å². The highest BCUT2D eigenvalue weighted by molar-refractivity contribution is 14.0. The minimum Gasteiger partial charge on any atom is -0.356 e. The van der Waals surface area contributed by atoms with E-state index in [9.17, 15) is 0 Å². The van der Waals surface area contributed by atoms with E-state index in [1.54, 1.807) is 11.3 Å². The van der Waals surface area contributed by atoms with Crippen molar-refractivity contribution in [3.8, 4) is 0 Å². The van der Waals surface area contributed by atoms with E-state index in [1.807, 2.05) is 24.9 Å². The van der Waals surface area contributed by atoms with Crippen LogP contribution in [0.3, 0.4) is 0 Å². The molecule has 0 spiro atoms. The molecule has 1 aromatic heterocycles. The average molecular weight is 490 g/mol. The fraction of sp³-hybridized carbons (Fsp3) is 0.389. The van der Waals surface area contributed by atoms with Crippen molar-refractivity contribution in [3.05, 3.63) is 52.7 Å². The average Bonchev–Trinajstić information content (AvgIpc) is 3.12. The standard InChI is InChI=1S/C18H26N4S2.HI/c1-19-18(20-11-13-23-15-8-5-4-6-9-15)21-14-16(22(2)3)17-10-7-12-24-17;/h4-10,12,16H,11,13-14H2,1-3H3,(H2,19,20,21);1H. The first-order valence-corrected chi connectivity index (χ1v) is 9.89. The minimum atomic E-state index is 0. The van der Waals surface area contributed by atoms with E-state index < -0.39 is 0 Å². The van der Waals surface area contributed by atoms with E-state index in [0.29, 0.717) is 6.04 Å². The number of thioether (sulfide) groups is 1. The highest BCUT2D eigenvalue weighted by Gasteiger charge is 2.15. The first kappa shape index (κ1) is 22.3. The Hall–Kier alpha value is -0.770. The summed E-state index contributed by atoms with van der Waals surface area (Å²) in [6, 6.07) is 15.1. The molecule has 1 atom stereocenters. The van der Waals surface area contributed by atoms with Gasteiger partial charge in [0.2, 0.25) is 0 Å². The monoisotopic (exact) mass is 490 g/mol. The van der Waals surface area contributed by atoms with E-state index in [1.165, 1.54) is 9.77 Å². The van der Waals surface area contributed by atoms with Crippen LogP contribution in [-0.4, -0.2) is 50.8 Å². The predicted octanol–water partition coefficient (Wildman–Crippen LogP) is 3.93. The molecule has 138 valence electrons. The van der Waals surface area contributed by atoms with E-state index in [4.69, 9.17) is 0 Å². The molecular formula is C18H27IN4S2. The highest BCUT2D eigenvalue weighted by atomic mass is 127. The third-order valence-corrected chi connectivity index (χ3v) is 5.58. The molecule has 0 saturated carbocycles. The second-order valence-electron chi connectivity index (χ2n) is 5.54. The molecule has 0 fully saturated rings. The first-order valence-electron chi connectivity index (χ1n) is 8.03. The van der Waals surface area contributed by atoms with Gasteiger partial charge in [0.1, 0.15) is 0 Å². The van der Waals surface area contributed by atoms with Gasteiger partial charge < -0.3 is 15.5 Å². The molecule has 0 aliphatic rings. The normalized spacial score (nSPS) is 12.6. The van der Waals surface area contributed by atoms with Gasteiger partial charge in [-0.3, -0.25) is 4.99 Å². The molecule has 4 nitrogen and oxygen atoms in total. The molecule has 2 aromatic rings. The van der Waals surface area contributed by atoms with Gasteiger partial charge in [-0.15, -0.1) is 47.1 Å². The number of thiophene rings is 1. The van der Waals surface area contributed by atoms with Crippen LogP contribution in [-0.2, 0) is 0 Å². The molecule has 0 saturated heterocycles. The molecule has 2 N–H and O–H groups in total. The summed E-state index contributed by atoms with van der Waals surface area (Å²) in [6.45, 7) is 1.71. The van der Waals surface area contributed by atoms with Crippen molar-refractivity contribution >= 4 is 53.0 Å². The van der Waals surface area contributed by atoms with Crippen molar-refractivity contribution in [2.45, 2.75) is 10.9 Å². The summed E-state index contributed by atoms with van der Waals surface area (Å²) in [5, 5.41) is 8.94. The van der Waals surface area contributed by atoms with Crippen molar-refractivity contribution < 1.29 is 0 Å². The Morgan fingerprint density at radius 3 is 2.52 bits per heavy atom. The molecule has 1 unspecified atom stereocenters. The van der Waals surface area contributed by atoms with Crippen LogP contribution in [0.15, 0.2) is 57.7 Å². The number of likely N-dealkylation sites (N-methyl/N-ethyl adjacent to an activating group) is 1. The van der Waals surface area contributed by atoms with E-state index >= 15 is 0 Å². The van der Waals surface area contributed by atoms with E-state index in [2.05, 4.69) is 76.4 Å². The maximum atomic E-state index is 4.32. The molecule has 1 aromatic carbocycles. The van der Waals surface area contributed by atoms with Gasteiger partial charge in [0.05, 0.1) is 6.04 Å². The Balaban J connectivity index is 0.00000312. The van der Waals surface area contributed by atoms with Crippen LogP contribution in [0.2, 0.25) is 0 Å². The fourth-order valence-electron chi connectivity index (χ4n) is 2.29. The molecular weight excluding hydrogens is 463 g/mol. The Bertz CT molecular complexity index is 603. The summed E-state index contributed by atoms with van der Waals surface area (Å²) < 4.78 is 0. The largest absolute Gasteiger partial charge is 0.356 e. The Morgan fingerprint density at radius 1 is 1.16 bits per heavy atom. The minimum absolute atomic E-state index is 0. The van der Waals surface area contributed by atoms with Gasteiger partial charge in [0, 0.05) is 35.7 Å². The lowest BCUT2D eigenvalue weighted by atomic mass is 10.2. The van der Waals surface area contributed by atoms with Crippen molar-refractivity contribution in [2.75, 3.05) is 40.0 Å². The zero-order valence-corrected chi connectivity index (χ0v) is 18.9. The lowest BCUT2D eigenvalue weighted by Crippen LogP contribution is -2.42. The molecule has 7 heteroatoms. The zero-order chi connectivity index (χ0) is 17.2. The summed E-state index contributed by atoms with van der Waals surface area (Å²) in [5.74, 6) is 1.86. The number of hydrogen-bond acceptors (Lipinski definition) is 4. The molecule has 0 aliphatic heterocycles. The number of halogens is 1. The van der Waals surface area contributed by atoms with E-state index in [-0.39, 0.29) is 24.0 Å². The second-order valence-corrected chi connectivity index (χ2v) is 7.68. The Kier molecular flexibility index (Phi) is 11.2. The van der Waals surface area contributed by atoms with Gasteiger partial charge in [0.15, 0.2) is 5.96 Å². The third-order valence-electron chi connectivity index (χ3n) is 3.59. The summed E-state index contributed by atoms with van der Waals surface area (Å²) in [5.41, 5.74) is 0. The quantitative estimate of drug-likeness (QED) is 0.194. The number of aliphatic imine (C=N–C) groups is 1. The predicted molar refractivity (Wildman–Crippen MR) is 123 cm³/mol. The molecule has 0 bridgehead atoms. The number of rotatable bonds is 8. The number of nitrogens with one attached hydrogen (secondary N) is 2. The van der Waals surface area contributed by atoms with Gasteiger partial charge in [-0.1, -0.05) is 24.3 Å². The van der Waals surface area contributed by atoms with Crippen LogP contribution in [0.25, 0.3) is 0 Å². The van der Waals surface area contributed by atoms with Crippen LogP contribution in [0.1, 0.15) is 10.9 Å². The lowest BCUT2D eigenvalue weighted by Gasteiger charge is -2.24. The van der Waals surface area contributed by atoms with Crippen LogP contribution >= 0.6 is 47.1 Å². The van der Waals surface area contributed by atoms with Gasteiger partial charge >= 0.3 is 0 Å². The fourth-order valence-corrected chi connectivity index (χ4v) is 4.00. The number of benzene rings is 1. The molecule has 0 amide bonds. The number of hydrogen-bond donors (Lipinski definition) is 2. The van der Waals surface area contributed by atoms with Gasteiger partial charge in [-0.05, 0) is 37.7 Å². The van der Waals surface area contributed by atoms with Crippen molar-refractivity contribution in [3.63, 3.8) is 0 Å². The molecule has 0 radical (unpaired) electrons. The number of nitrogens with zero attached hydrogens (tertiary/aromatic N) is 2. The molecule has 1 heterocycles. The SMILES string of the molecule is CN=C(NCCSc1ccccc1)NCC(c1cccs1)N(C)C.I. The lowest BCUT2D eigenvalue weighted by molar-refractivity contribution is 0.302. The van der Waals surface area contributed by atoms with E-state index in [0.717, 1.165) is 24.8 Å². The third kappa shape index (κ3) is 7.98. The van der Waals surface area contributed by atoms with Crippen LogP contribution < -0.4 is 10.6 Å². The number of guanidine groups is 1. The summed E-state index contributed by atoms with van der Waals surface area (Å²) in [4.78, 5) is 9.21. The topological polar surface area (TPSA) is 39.7 Å². The summed E-state index contributed by atoms with van der Waals surface area (Å²) in [7, 11) is 6.03. The van der Waals surface area contributed by atoms with Crippen molar-refractivity contribution in [2.24, 2.45) is 4.99 Å². The summed E-state index contributed by atoms with van der Waals surface area (Å²) >= 11 is 3.64. The summed E-state index contributed by atoms with van der Waals surface area (Å²) in [6.07, 6.45) is 0. The first-order chi connectivity index (χ1) is 11.7. The van der Waals surface area contributed by atoms with Crippen molar-refractivity contribution in [1.82, 2.24) is 15.5 Å². The van der Waals surface area contributed by atoms with Gasteiger partial charge in [-0.25, -0.2) is 0 Å². The van der Waals surface area contributed by atoms with Crippen LogP contribution in [0, 0.1) is 0 Å².